The van der Waals surface area contributed by atoms with Crippen LogP contribution in [0, 0.1) is 0 Å². The first kappa shape index (κ1) is 22.4. The van der Waals surface area contributed by atoms with E-state index < -0.39 is 16.1 Å². The minimum absolute atomic E-state index is 0. The Hall–Kier alpha value is -2.39. The van der Waals surface area contributed by atoms with Gasteiger partial charge in [0.15, 0.2) is 5.03 Å². The largest absolute Gasteiger partial charge is 0.333 e. The summed E-state index contributed by atoms with van der Waals surface area (Å²) in [6.07, 6.45) is 7.15. The van der Waals surface area contributed by atoms with Gasteiger partial charge in [0.05, 0.1) is 11.2 Å². The van der Waals surface area contributed by atoms with Crippen molar-refractivity contribution in [3.05, 3.63) is 40.1 Å². The van der Waals surface area contributed by atoms with Crippen LogP contribution in [-0.4, -0.2) is 42.2 Å². The molecule has 1 aromatic carbocycles. The van der Waals surface area contributed by atoms with Crippen LogP contribution in [0.3, 0.4) is 0 Å². The number of hydrogen-bond acceptors (Lipinski definition) is 5. The summed E-state index contributed by atoms with van der Waals surface area (Å²) in [4.78, 5) is 15.1. The van der Waals surface area contributed by atoms with Gasteiger partial charge in [-0.05, 0) is 101 Å². The van der Waals surface area contributed by atoms with E-state index in [4.69, 9.17) is 0 Å². The zero-order chi connectivity index (χ0) is 23.4. The van der Waals surface area contributed by atoms with Crippen LogP contribution in [0.25, 0.3) is 0 Å². The van der Waals surface area contributed by atoms with Crippen LogP contribution in [0.4, 0.5) is 10.5 Å². The highest BCUT2D eigenvalue weighted by molar-refractivity contribution is 7.90. The fourth-order valence-corrected chi connectivity index (χ4v) is 6.15. The average molecular weight is 476 g/mol. The SMILES string of the molecule is CC(C)(C)n1nc(S(=O)(=O)NC(=O)Nc2c3c(cc4c2CCC4)CCC3)cc1CN1CCC1.[HH].[HH]. The second-order valence-corrected chi connectivity index (χ2v) is 12.1. The Morgan fingerprint density at radius 2 is 1.67 bits per heavy atom. The fourth-order valence-electron chi connectivity index (χ4n) is 5.27. The van der Waals surface area contributed by atoms with Crippen LogP contribution in [-0.2, 0) is 47.8 Å². The molecule has 5 rings (SSSR count). The van der Waals surface area contributed by atoms with Gasteiger partial charge in [0.25, 0.3) is 10.0 Å². The van der Waals surface area contributed by atoms with Gasteiger partial charge < -0.3 is 5.32 Å². The number of carbonyl (C=O) groups excluding carboxylic acids is 1. The zero-order valence-corrected chi connectivity index (χ0v) is 20.5. The normalized spacial score (nSPS) is 18.0. The van der Waals surface area contributed by atoms with Gasteiger partial charge in [-0.3, -0.25) is 9.58 Å². The van der Waals surface area contributed by atoms with Crippen molar-refractivity contribution in [1.29, 1.82) is 0 Å². The van der Waals surface area contributed by atoms with Crippen molar-refractivity contribution < 1.29 is 16.1 Å². The number of sulfonamides is 1. The Bertz CT molecular complexity index is 1180. The van der Waals surface area contributed by atoms with Crippen molar-refractivity contribution in [3.8, 4) is 0 Å². The smallest absolute Gasteiger partial charge is 0.307 e. The number of rotatable bonds is 5. The summed E-state index contributed by atoms with van der Waals surface area (Å²) in [5.74, 6) is 0. The zero-order valence-electron chi connectivity index (χ0n) is 19.7. The van der Waals surface area contributed by atoms with Crippen molar-refractivity contribution in [3.63, 3.8) is 0 Å². The molecule has 8 nitrogen and oxygen atoms in total. The lowest BCUT2D eigenvalue weighted by atomic mass is 9.99. The highest BCUT2D eigenvalue weighted by atomic mass is 32.2. The van der Waals surface area contributed by atoms with Gasteiger partial charge in [-0.15, -0.1) is 0 Å². The number of urea groups is 1. The lowest BCUT2D eigenvalue weighted by Crippen LogP contribution is -2.38. The van der Waals surface area contributed by atoms with E-state index in [1.165, 1.54) is 11.1 Å². The Balaban J connectivity index is 0.00000171. The van der Waals surface area contributed by atoms with E-state index in [-0.39, 0.29) is 13.4 Å². The molecule has 33 heavy (non-hydrogen) atoms. The van der Waals surface area contributed by atoms with Gasteiger partial charge in [-0.2, -0.15) is 13.5 Å². The molecule has 9 heteroatoms. The maximum absolute atomic E-state index is 13.1. The van der Waals surface area contributed by atoms with Gasteiger partial charge in [-0.25, -0.2) is 9.52 Å². The van der Waals surface area contributed by atoms with Crippen LogP contribution in [0.1, 0.15) is 70.8 Å². The van der Waals surface area contributed by atoms with E-state index in [9.17, 15) is 13.2 Å². The number of nitrogens with zero attached hydrogens (tertiary/aromatic N) is 3. The van der Waals surface area contributed by atoms with Gasteiger partial charge in [0.1, 0.15) is 0 Å². The van der Waals surface area contributed by atoms with E-state index in [1.807, 2.05) is 20.8 Å². The van der Waals surface area contributed by atoms with E-state index in [0.29, 0.717) is 6.54 Å². The molecule has 3 aliphatic rings. The Kier molecular flexibility index (Phi) is 5.52. The molecule has 0 saturated carbocycles. The number of benzene rings is 1. The first-order valence-electron chi connectivity index (χ1n) is 11.9. The average Bonchev–Trinajstić information content (AvgIpc) is 3.42. The topological polar surface area (TPSA) is 96.3 Å². The second-order valence-electron chi connectivity index (χ2n) is 10.5. The molecule has 0 atom stereocenters. The van der Waals surface area contributed by atoms with Gasteiger partial charge in [-0.1, -0.05) is 6.07 Å². The Labute approximate surface area is 198 Å². The summed E-state index contributed by atoms with van der Waals surface area (Å²) >= 11 is 0. The second kappa shape index (κ2) is 8.13. The maximum atomic E-state index is 13.1. The Morgan fingerprint density at radius 3 is 2.21 bits per heavy atom. The number of aryl methyl sites for hydroxylation is 2. The monoisotopic (exact) mass is 475 g/mol. The van der Waals surface area contributed by atoms with Crippen molar-refractivity contribution in [1.82, 2.24) is 19.4 Å². The summed E-state index contributed by atoms with van der Waals surface area (Å²) in [6.45, 7) is 8.63. The van der Waals surface area contributed by atoms with E-state index in [0.717, 1.165) is 80.5 Å². The first-order valence-corrected chi connectivity index (χ1v) is 13.4. The third kappa shape index (κ3) is 4.28. The molecule has 2 N–H and O–H groups in total. The predicted molar refractivity (Wildman–Crippen MR) is 131 cm³/mol. The molecule has 0 radical (unpaired) electrons. The number of likely N-dealkylation sites (tertiary alicyclic amines) is 1. The number of aromatic nitrogens is 2. The molecule has 182 valence electrons. The van der Waals surface area contributed by atoms with Gasteiger partial charge in [0.2, 0.25) is 0 Å². The van der Waals surface area contributed by atoms with Crippen LogP contribution >= 0.6 is 0 Å². The third-order valence-electron chi connectivity index (χ3n) is 6.94. The number of fused-ring (bicyclic) bond motifs is 2. The first-order chi connectivity index (χ1) is 15.6. The summed E-state index contributed by atoms with van der Waals surface area (Å²) in [6, 6.07) is 3.15. The summed E-state index contributed by atoms with van der Waals surface area (Å²) in [5, 5.41) is 7.18. The van der Waals surface area contributed by atoms with E-state index >= 15 is 0 Å². The van der Waals surface area contributed by atoms with Crippen LogP contribution in [0.15, 0.2) is 17.2 Å². The number of carbonyl (C=O) groups is 1. The fraction of sp³-hybridized carbons (Fsp3) is 0.583. The number of anilines is 1. The molecular formula is C24H37N5O3S. The molecule has 1 aromatic heterocycles. The molecule has 2 heterocycles. The lowest BCUT2D eigenvalue weighted by molar-refractivity contribution is 0.162. The Morgan fingerprint density at radius 1 is 1.03 bits per heavy atom. The molecular weight excluding hydrogens is 438 g/mol. The van der Waals surface area contributed by atoms with Crippen LogP contribution in [0.2, 0.25) is 0 Å². The van der Waals surface area contributed by atoms with E-state index in [1.54, 1.807) is 10.7 Å². The van der Waals surface area contributed by atoms with Gasteiger partial charge in [0, 0.05) is 21.2 Å². The maximum Gasteiger partial charge on any atom is 0.333 e. The number of hydrogen-bond donors (Lipinski definition) is 2. The third-order valence-corrected chi connectivity index (χ3v) is 8.15. The highest BCUT2D eigenvalue weighted by Gasteiger charge is 2.30. The molecule has 1 aliphatic heterocycles. The van der Waals surface area contributed by atoms with Crippen LogP contribution in [0.5, 0.6) is 0 Å². The molecule has 1 fully saturated rings. The minimum Gasteiger partial charge on any atom is -0.307 e. The predicted octanol–water partition coefficient (Wildman–Crippen LogP) is 3.82. The minimum atomic E-state index is -4.11. The number of amides is 2. The quantitative estimate of drug-likeness (QED) is 0.685. The number of nitrogens with one attached hydrogen (secondary N) is 2. The lowest BCUT2D eigenvalue weighted by Gasteiger charge is -2.32. The van der Waals surface area contributed by atoms with Crippen LogP contribution < -0.4 is 10.0 Å². The summed E-state index contributed by atoms with van der Waals surface area (Å²) in [5.41, 5.74) is 6.18. The molecule has 2 aliphatic carbocycles. The summed E-state index contributed by atoms with van der Waals surface area (Å²) < 4.78 is 30.2. The molecule has 0 spiro atoms. The van der Waals surface area contributed by atoms with Crippen molar-refractivity contribution in [2.45, 2.75) is 82.8 Å². The van der Waals surface area contributed by atoms with Gasteiger partial charge >= 0.3 is 6.03 Å². The summed E-state index contributed by atoms with van der Waals surface area (Å²) in [7, 11) is -4.11. The highest BCUT2D eigenvalue weighted by Crippen LogP contribution is 2.38. The molecule has 0 unspecified atom stereocenters. The standard InChI is InChI=1S/C24H33N5O3S.2H2/c1-24(2,3)29-18(15-28-11-6-12-28)14-21(26-29)33(31,32)27-23(30)25-22-19-9-4-7-16(19)13-17-8-5-10-20(17)22;;/h13-14H,4-12,15H2,1-3H3,(H2,25,27,30);2*1H. The molecule has 1 saturated heterocycles. The molecule has 2 aromatic rings. The van der Waals surface area contributed by atoms with E-state index in [2.05, 4.69) is 26.1 Å². The molecule has 0 bridgehead atoms. The van der Waals surface area contributed by atoms with Crippen molar-refractivity contribution in [2.75, 3.05) is 18.4 Å². The molecule has 2 amide bonds. The van der Waals surface area contributed by atoms with Crippen molar-refractivity contribution in [2.24, 2.45) is 0 Å². The van der Waals surface area contributed by atoms with Crippen molar-refractivity contribution >= 4 is 21.7 Å².